The van der Waals surface area contributed by atoms with Crippen LogP contribution in [-0.4, -0.2) is 22.5 Å². The zero-order valence-corrected chi connectivity index (χ0v) is 11.4. The van der Waals surface area contributed by atoms with Crippen molar-refractivity contribution in [2.45, 2.75) is 24.2 Å². The van der Waals surface area contributed by atoms with Crippen molar-refractivity contribution in [2.75, 3.05) is 0 Å². The van der Waals surface area contributed by atoms with Gasteiger partial charge in [-0.25, -0.2) is 0 Å². The van der Waals surface area contributed by atoms with Gasteiger partial charge in [-0.05, 0) is 0 Å². The zero-order chi connectivity index (χ0) is 4.12. The average Bonchev–Trinajstić information content (AvgIpc) is 1.41. The molecule has 0 aliphatic carbocycles. The zero-order valence-electron chi connectivity index (χ0n) is 5.38. The van der Waals surface area contributed by atoms with Crippen molar-refractivity contribution in [3.05, 3.63) is 0 Å². The molecule has 52 valence electrons. The summed E-state index contributed by atoms with van der Waals surface area (Å²) >= 11 is 1.68. The summed E-state index contributed by atoms with van der Waals surface area (Å²) in [6.45, 7) is 2.23. The Labute approximate surface area is 86.2 Å². The van der Waals surface area contributed by atoms with Gasteiger partial charge in [-0.15, -0.1) is 0 Å². The monoisotopic (exact) mass is 353 g/mol. The first kappa shape index (κ1) is 22.6. The summed E-state index contributed by atoms with van der Waals surface area (Å²) in [5, 5.41) is 0. The molecule has 0 bridgehead atoms. The quantitative estimate of drug-likeness (QED) is 0.489. The third kappa shape index (κ3) is 25.2. The summed E-state index contributed by atoms with van der Waals surface area (Å²) < 4.78 is 1.43. The number of halogens is 2. The van der Waals surface area contributed by atoms with Gasteiger partial charge >= 0.3 is 46.7 Å². The first-order valence-corrected chi connectivity index (χ1v) is 4.08. The Morgan fingerprint density at radius 3 is 1.62 bits per heavy atom. The van der Waals surface area contributed by atoms with Crippen molar-refractivity contribution in [3.63, 3.8) is 0 Å². The van der Waals surface area contributed by atoms with Crippen LogP contribution in [0.5, 0.6) is 0 Å². The molecule has 0 saturated heterocycles. The van der Waals surface area contributed by atoms with E-state index in [2.05, 4.69) is 6.92 Å². The largest absolute Gasteiger partial charge is 1.00 e. The first-order chi connectivity index (χ1) is 2.41. The van der Waals surface area contributed by atoms with E-state index >= 15 is 0 Å². The van der Waals surface area contributed by atoms with Crippen LogP contribution in [0.1, 0.15) is 19.8 Å². The van der Waals surface area contributed by atoms with Crippen molar-refractivity contribution in [1.82, 2.24) is 6.15 Å². The molecular formula is C4H13Br2NSn. The number of hydrogen-bond donors (Lipinski definition) is 1. The Bertz CT molecular complexity index is 21.5. The Morgan fingerprint density at radius 2 is 1.62 bits per heavy atom. The van der Waals surface area contributed by atoms with Crippen molar-refractivity contribution >= 4 is 22.5 Å². The van der Waals surface area contributed by atoms with Crippen LogP contribution >= 0.6 is 0 Å². The maximum absolute atomic E-state index is 2.23. The molecule has 0 unspecified atom stereocenters. The summed E-state index contributed by atoms with van der Waals surface area (Å²) in [5.41, 5.74) is 0. The number of hydrogen-bond acceptors (Lipinski definition) is 0. The molecule has 0 fully saturated rings. The first-order valence-electron chi connectivity index (χ1n) is 2.06. The van der Waals surface area contributed by atoms with Crippen molar-refractivity contribution in [1.29, 1.82) is 0 Å². The van der Waals surface area contributed by atoms with E-state index in [0.29, 0.717) is 0 Å². The summed E-state index contributed by atoms with van der Waals surface area (Å²) in [6.07, 6.45) is 2.80. The van der Waals surface area contributed by atoms with E-state index in [0.717, 1.165) is 0 Å². The third-order valence-electron chi connectivity index (χ3n) is 0.530. The van der Waals surface area contributed by atoms with E-state index in [4.69, 9.17) is 0 Å². The van der Waals surface area contributed by atoms with Crippen LogP contribution in [-0.2, 0) is 0 Å². The molecule has 0 saturated carbocycles. The molecule has 0 heterocycles. The fourth-order valence-corrected chi connectivity index (χ4v) is 1.19. The number of rotatable bonds is 2. The molecular weight excluding hydrogens is 341 g/mol. The van der Waals surface area contributed by atoms with E-state index in [-0.39, 0.29) is 40.1 Å². The Hall–Kier alpha value is 1.72. The Kier molecular flexibility index (Phi) is 65.9. The summed E-state index contributed by atoms with van der Waals surface area (Å²) in [5.74, 6) is 0. The molecule has 2 radical (unpaired) electrons. The second-order valence-corrected chi connectivity index (χ2v) is 2.53. The van der Waals surface area contributed by atoms with E-state index < -0.39 is 0 Å². The van der Waals surface area contributed by atoms with E-state index in [1.165, 1.54) is 17.3 Å². The van der Waals surface area contributed by atoms with Gasteiger partial charge in [-0.1, -0.05) is 0 Å². The maximum atomic E-state index is 2.23. The molecule has 0 aromatic rings. The van der Waals surface area contributed by atoms with Crippen LogP contribution in [0.15, 0.2) is 0 Å². The predicted octanol–water partition coefficient (Wildman–Crippen LogP) is -4.24. The molecule has 4 heteroatoms. The average molecular weight is 354 g/mol. The predicted molar refractivity (Wildman–Crippen MR) is 31.5 cm³/mol. The third-order valence-corrected chi connectivity index (χ3v) is 1.54. The molecule has 8 heavy (non-hydrogen) atoms. The molecule has 4 N–H and O–H groups in total. The van der Waals surface area contributed by atoms with E-state index in [1.54, 1.807) is 22.5 Å². The van der Waals surface area contributed by atoms with Crippen molar-refractivity contribution < 1.29 is 34.0 Å². The second kappa shape index (κ2) is 23.3. The molecule has 0 amide bonds. The minimum absolute atomic E-state index is 0. The van der Waals surface area contributed by atoms with Crippen LogP contribution in [0.2, 0.25) is 4.44 Å². The van der Waals surface area contributed by atoms with Crippen molar-refractivity contribution in [3.8, 4) is 0 Å². The van der Waals surface area contributed by atoms with Gasteiger partial charge in [0.05, 0.1) is 0 Å². The number of quaternary nitrogens is 1. The van der Waals surface area contributed by atoms with Crippen LogP contribution < -0.4 is 40.1 Å². The van der Waals surface area contributed by atoms with Gasteiger partial charge in [-0.2, -0.15) is 0 Å². The topological polar surface area (TPSA) is 36.5 Å². The summed E-state index contributed by atoms with van der Waals surface area (Å²) in [6, 6.07) is 0. The molecule has 0 aromatic carbocycles. The molecule has 0 spiro atoms. The van der Waals surface area contributed by atoms with E-state index in [1.807, 2.05) is 0 Å². The van der Waals surface area contributed by atoms with Crippen LogP contribution in [0.25, 0.3) is 0 Å². The van der Waals surface area contributed by atoms with Gasteiger partial charge in [0.2, 0.25) is 0 Å². The molecule has 0 rings (SSSR count). The van der Waals surface area contributed by atoms with Crippen LogP contribution in [0.4, 0.5) is 0 Å². The minimum atomic E-state index is 0. The van der Waals surface area contributed by atoms with E-state index in [9.17, 15) is 0 Å². The number of unbranched alkanes of at least 4 members (excludes halogenated alkanes) is 1. The van der Waals surface area contributed by atoms with Gasteiger partial charge in [0.25, 0.3) is 0 Å². The molecule has 0 aromatic heterocycles. The fraction of sp³-hybridized carbons (Fsp3) is 1.00. The standard InChI is InChI=1S/C4H9.2BrH.H3N.Sn/c1-3-4-2;;;;/h1,3-4H2,2H3;2*1H;1H3;/q;;;;+1/p-1. The Morgan fingerprint density at radius 1 is 1.25 bits per heavy atom. The molecule has 0 aliphatic rings. The van der Waals surface area contributed by atoms with Crippen LogP contribution in [0.3, 0.4) is 0 Å². The van der Waals surface area contributed by atoms with Gasteiger partial charge in [0.1, 0.15) is 0 Å². The molecule has 0 atom stereocenters. The minimum Gasteiger partial charge on any atom is -1.00 e. The molecule has 1 nitrogen and oxygen atoms in total. The van der Waals surface area contributed by atoms with Gasteiger partial charge in [0.15, 0.2) is 0 Å². The van der Waals surface area contributed by atoms with Crippen LogP contribution in [0, 0.1) is 0 Å². The van der Waals surface area contributed by atoms with Crippen molar-refractivity contribution in [2.24, 2.45) is 0 Å². The maximum Gasteiger partial charge on any atom is -0.369 e. The fourth-order valence-electron chi connectivity index (χ4n) is 0.177. The molecule has 0 aliphatic heterocycles. The smallest absolute Gasteiger partial charge is 0.369 e. The second-order valence-electron chi connectivity index (χ2n) is 1.10. The van der Waals surface area contributed by atoms with Gasteiger partial charge in [-0.3, -0.25) is 0 Å². The SMILES string of the molecule is CCC[CH2][Sn+].[Br-].[Br-].[NH4+]. The van der Waals surface area contributed by atoms with Gasteiger partial charge < -0.3 is 40.1 Å². The summed E-state index contributed by atoms with van der Waals surface area (Å²) in [4.78, 5) is 0. The normalized spacial score (nSPS) is 5.12. The van der Waals surface area contributed by atoms with Gasteiger partial charge in [0, 0.05) is 0 Å². The Balaban J connectivity index is -0.0000000267. The summed E-state index contributed by atoms with van der Waals surface area (Å²) in [7, 11) is 0.